The highest BCUT2D eigenvalue weighted by molar-refractivity contribution is 5.81. The summed E-state index contributed by atoms with van der Waals surface area (Å²) in [4.78, 5) is 13.3. The first-order valence-corrected chi connectivity index (χ1v) is 8.01. The number of rotatable bonds is 5. The molecule has 3 rings (SSSR count). The fraction of sp³-hybridized carbons (Fsp3) is 0.316. The molecular weight excluding hydrogens is 286 g/mol. The lowest BCUT2D eigenvalue weighted by molar-refractivity contribution is -0.108. The maximum Gasteiger partial charge on any atom is 0.211 e. The van der Waals surface area contributed by atoms with E-state index in [0.717, 1.165) is 36.5 Å². The molecule has 0 spiro atoms. The summed E-state index contributed by atoms with van der Waals surface area (Å²) >= 11 is 0. The molecule has 1 fully saturated rings. The van der Waals surface area contributed by atoms with Crippen LogP contribution < -0.4 is 5.32 Å². The van der Waals surface area contributed by atoms with E-state index in [2.05, 4.69) is 41.5 Å². The summed E-state index contributed by atoms with van der Waals surface area (Å²) in [5.74, 6) is 0.618. The monoisotopic (exact) mass is 311 g/mol. The number of carbonyl (C=O) groups is 1. The van der Waals surface area contributed by atoms with Gasteiger partial charge in [0.05, 0.1) is 5.70 Å². The van der Waals surface area contributed by atoms with Crippen molar-refractivity contribution >= 4 is 18.3 Å². The summed E-state index contributed by atoms with van der Waals surface area (Å²) in [6.45, 7) is 4.32. The van der Waals surface area contributed by atoms with E-state index >= 15 is 0 Å². The molecule has 1 atom stereocenters. The van der Waals surface area contributed by atoms with Gasteiger partial charge in [-0.05, 0) is 56.1 Å². The highest BCUT2D eigenvalue weighted by Gasteiger charge is 2.20. The van der Waals surface area contributed by atoms with Crippen LogP contribution >= 0.6 is 0 Å². The van der Waals surface area contributed by atoms with Crippen LogP contribution in [0.2, 0.25) is 0 Å². The van der Waals surface area contributed by atoms with Crippen molar-refractivity contribution in [2.75, 3.05) is 20.1 Å². The second kappa shape index (κ2) is 6.84. The van der Waals surface area contributed by atoms with E-state index < -0.39 is 0 Å². The largest absolute Gasteiger partial charge is 0.327 e. The summed E-state index contributed by atoms with van der Waals surface area (Å²) in [5, 5.41) is 2.81. The number of hydrogen-bond acceptors (Lipinski definition) is 2. The zero-order chi connectivity index (χ0) is 16.2. The average Bonchev–Trinajstić information content (AvgIpc) is 3.16. The van der Waals surface area contributed by atoms with Gasteiger partial charge in [-0.3, -0.25) is 4.79 Å². The minimum Gasteiger partial charge on any atom is -0.327 e. The van der Waals surface area contributed by atoms with E-state index in [4.69, 9.17) is 0 Å². The van der Waals surface area contributed by atoms with Crippen LogP contribution in [0.1, 0.15) is 30.6 Å². The van der Waals surface area contributed by atoms with E-state index in [1.165, 1.54) is 12.0 Å². The summed E-state index contributed by atoms with van der Waals surface area (Å²) < 4.78 is 2.01. The zero-order valence-corrected chi connectivity index (χ0v) is 13.7. The van der Waals surface area contributed by atoms with Crippen LogP contribution in [0.25, 0.3) is 11.9 Å². The highest BCUT2D eigenvalue weighted by atomic mass is 16.1. The molecule has 1 saturated heterocycles. The lowest BCUT2D eigenvalue weighted by atomic mass is 9.97. The number of benzene rings is 1. The Bertz CT molecular complexity index is 706. The van der Waals surface area contributed by atoms with Gasteiger partial charge < -0.3 is 14.8 Å². The summed E-state index contributed by atoms with van der Waals surface area (Å²) in [6, 6.07) is 12.6. The number of aryl methyl sites for hydroxylation is 1. The molecule has 4 heteroatoms. The van der Waals surface area contributed by atoms with Gasteiger partial charge in [-0.25, -0.2) is 0 Å². The van der Waals surface area contributed by atoms with Gasteiger partial charge in [-0.1, -0.05) is 24.3 Å². The Morgan fingerprint density at radius 2 is 2.09 bits per heavy atom. The maximum absolute atomic E-state index is 10.9. The minimum absolute atomic E-state index is 0. The number of aromatic nitrogens is 1. The first-order chi connectivity index (χ1) is 11.2. The second-order valence-electron chi connectivity index (χ2n) is 6.23. The number of nitrogens with one attached hydrogen (secondary N) is 1. The van der Waals surface area contributed by atoms with E-state index in [1.54, 1.807) is 0 Å². The molecular formula is C19H25N3O. The van der Waals surface area contributed by atoms with Gasteiger partial charge in [0.1, 0.15) is 0 Å². The Labute approximate surface area is 138 Å². The fourth-order valence-corrected chi connectivity index (χ4v) is 3.16. The first-order valence-electron chi connectivity index (χ1n) is 8.01. The van der Waals surface area contributed by atoms with Crippen LogP contribution in [-0.4, -0.2) is 36.0 Å². The van der Waals surface area contributed by atoms with Crippen molar-refractivity contribution in [2.45, 2.75) is 19.3 Å². The van der Waals surface area contributed by atoms with E-state index in [0.29, 0.717) is 5.92 Å². The highest BCUT2D eigenvalue weighted by Crippen LogP contribution is 2.27. The number of likely N-dealkylation sites (N-methyl/N-ethyl adjacent to an activating group) is 1. The van der Waals surface area contributed by atoms with E-state index in [9.17, 15) is 4.79 Å². The smallest absolute Gasteiger partial charge is 0.211 e. The quantitative estimate of drug-likeness (QED) is 0.861. The second-order valence-corrected chi connectivity index (χ2v) is 6.23. The maximum atomic E-state index is 10.9. The van der Waals surface area contributed by atoms with Crippen LogP contribution in [0.5, 0.6) is 0 Å². The molecule has 2 aromatic rings. The molecule has 1 N–H and O–H groups in total. The normalized spacial score (nSPS) is 19.0. The SMILES string of the molecule is Cc1cccn1/C=C(\NC=O)c1ccc(C2CCN(C)C2)cc1.[HH]. The van der Waals surface area contributed by atoms with Crippen LogP contribution in [0.15, 0.2) is 42.6 Å². The van der Waals surface area contributed by atoms with Gasteiger partial charge in [0.2, 0.25) is 6.41 Å². The Morgan fingerprint density at radius 1 is 1.30 bits per heavy atom. The number of amides is 1. The molecule has 1 aromatic carbocycles. The van der Waals surface area contributed by atoms with Crippen molar-refractivity contribution in [1.82, 2.24) is 14.8 Å². The Morgan fingerprint density at radius 3 is 2.65 bits per heavy atom. The predicted molar refractivity (Wildman–Crippen MR) is 95.9 cm³/mol. The van der Waals surface area contributed by atoms with Gasteiger partial charge in [-0.2, -0.15) is 0 Å². The predicted octanol–water partition coefficient (Wildman–Crippen LogP) is 3.16. The minimum atomic E-state index is 0. The Hall–Kier alpha value is -2.33. The van der Waals surface area contributed by atoms with Crippen molar-refractivity contribution in [1.29, 1.82) is 0 Å². The molecule has 1 aliphatic heterocycles. The molecule has 1 unspecified atom stereocenters. The van der Waals surface area contributed by atoms with Crippen LogP contribution in [0.3, 0.4) is 0 Å². The average molecular weight is 311 g/mol. The van der Waals surface area contributed by atoms with Crippen molar-refractivity contribution in [3.63, 3.8) is 0 Å². The molecule has 0 radical (unpaired) electrons. The fourth-order valence-electron chi connectivity index (χ4n) is 3.16. The number of likely N-dealkylation sites (tertiary alicyclic amines) is 1. The summed E-state index contributed by atoms with van der Waals surface area (Å²) in [6.07, 6.45) is 5.87. The molecule has 122 valence electrons. The van der Waals surface area contributed by atoms with Gasteiger partial charge in [0.25, 0.3) is 0 Å². The molecule has 1 aromatic heterocycles. The lowest BCUT2D eigenvalue weighted by Crippen LogP contribution is -2.13. The topological polar surface area (TPSA) is 37.3 Å². The number of hydrogen-bond donors (Lipinski definition) is 1. The van der Waals surface area contributed by atoms with Crippen molar-refractivity contribution in [3.8, 4) is 0 Å². The zero-order valence-electron chi connectivity index (χ0n) is 13.7. The van der Waals surface area contributed by atoms with Crippen LogP contribution in [0.4, 0.5) is 0 Å². The van der Waals surface area contributed by atoms with Crippen molar-refractivity contribution in [2.24, 2.45) is 0 Å². The molecule has 1 amide bonds. The lowest BCUT2D eigenvalue weighted by Gasteiger charge is -2.13. The third kappa shape index (κ3) is 3.54. The molecule has 0 aliphatic carbocycles. The third-order valence-electron chi connectivity index (χ3n) is 4.56. The molecule has 0 saturated carbocycles. The van der Waals surface area contributed by atoms with Crippen LogP contribution in [-0.2, 0) is 4.79 Å². The van der Waals surface area contributed by atoms with Gasteiger partial charge in [-0.15, -0.1) is 0 Å². The molecule has 23 heavy (non-hydrogen) atoms. The number of carbonyl (C=O) groups excluding carboxylic acids is 1. The molecule has 0 bridgehead atoms. The van der Waals surface area contributed by atoms with E-state index in [-0.39, 0.29) is 1.43 Å². The van der Waals surface area contributed by atoms with Crippen molar-refractivity contribution in [3.05, 3.63) is 59.4 Å². The molecule has 4 nitrogen and oxygen atoms in total. The Balaban J connectivity index is 0.00000208. The molecule has 2 heterocycles. The van der Waals surface area contributed by atoms with Gasteiger partial charge in [0, 0.05) is 26.1 Å². The van der Waals surface area contributed by atoms with Crippen LogP contribution in [0, 0.1) is 6.92 Å². The number of nitrogens with zero attached hydrogens (tertiary/aromatic N) is 2. The van der Waals surface area contributed by atoms with E-state index in [1.807, 2.05) is 36.0 Å². The summed E-state index contributed by atoms with van der Waals surface area (Å²) in [7, 11) is 2.17. The van der Waals surface area contributed by atoms with Crippen molar-refractivity contribution < 1.29 is 6.22 Å². The van der Waals surface area contributed by atoms with Gasteiger partial charge in [0.15, 0.2) is 0 Å². The molecule has 1 aliphatic rings. The third-order valence-corrected chi connectivity index (χ3v) is 4.56. The van der Waals surface area contributed by atoms with Gasteiger partial charge >= 0.3 is 0 Å². The Kier molecular flexibility index (Phi) is 4.63. The summed E-state index contributed by atoms with van der Waals surface area (Å²) in [5.41, 5.74) is 4.32. The standard InChI is InChI=1S/C19H23N3O.H2/c1-15-4-3-10-22(15)13-19(20-14-23)17-7-5-16(6-8-17)18-9-11-21(2)12-18;/h3-8,10,13-14,18H,9,11-12H2,1-2H3,(H,20,23);1H/b19-13-;. The first kappa shape index (κ1) is 15.6.